The summed E-state index contributed by atoms with van der Waals surface area (Å²) in [7, 11) is 1.86. The fourth-order valence-electron chi connectivity index (χ4n) is 3.39. The zero-order chi connectivity index (χ0) is 15.5. The summed E-state index contributed by atoms with van der Waals surface area (Å²) < 4.78 is 0. The third-order valence-corrected chi connectivity index (χ3v) is 5.59. The second-order valence-corrected chi connectivity index (χ2v) is 7.54. The van der Waals surface area contributed by atoms with Crippen molar-refractivity contribution >= 4 is 17.3 Å². The average Bonchev–Trinajstić information content (AvgIpc) is 3.07. The number of nitrogens with zero attached hydrogens (tertiary/aromatic N) is 2. The number of hydrogen-bond acceptors (Lipinski definition) is 3. The molecule has 1 aliphatic heterocycles. The zero-order valence-corrected chi connectivity index (χ0v) is 14.7. The Hall–Kier alpha value is -1.07. The summed E-state index contributed by atoms with van der Waals surface area (Å²) >= 11 is 1.76. The van der Waals surface area contributed by atoms with Crippen molar-refractivity contribution < 1.29 is 0 Å². The lowest BCUT2D eigenvalue weighted by Crippen LogP contribution is -2.45. The number of aliphatic imine (C=N–C) groups is 1. The summed E-state index contributed by atoms with van der Waals surface area (Å²) in [6, 6.07) is 4.29. The Morgan fingerprint density at radius 3 is 2.95 bits per heavy atom. The number of thiophene rings is 1. The summed E-state index contributed by atoms with van der Waals surface area (Å²) in [5.41, 5.74) is 1.40. The van der Waals surface area contributed by atoms with Crippen molar-refractivity contribution in [3.05, 3.63) is 22.4 Å². The highest BCUT2D eigenvalue weighted by molar-refractivity contribution is 7.07. The SMILES string of the molecule is CN=C(NCC(C)c1ccsc1)NC1CC(C)N(C2CC2)C1. The van der Waals surface area contributed by atoms with Crippen LogP contribution in [0, 0.1) is 0 Å². The Morgan fingerprint density at radius 2 is 2.32 bits per heavy atom. The minimum absolute atomic E-state index is 0.510. The van der Waals surface area contributed by atoms with Crippen molar-refractivity contribution in [2.24, 2.45) is 4.99 Å². The van der Waals surface area contributed by atoms with Crippen LogP contribution in [0.4, 0.5) is 0 Å². The Labute approximate surface area is 138 Å². The minimum Gasteiger partial charge on any atom is -0.356 e. The Morgan fingerprint density at radius 1 is 1.50 bits per heavy atom. The molecular formula is C17H28N4S. The summed E-state index contributed by atoms with van der Waals surface area (Å²) in [6.45, 7) is 6.70. The van der Waals surface area contributed by atoms with Gasteiger partial charge in [-0.2, -0.15) is 11.3 Å². The topological polar surface area (TPSA) is 39.7 Å². The summed E-state index contributed by atoms with van der Waals surface area (Å²) in [5.74, 6) is 1.45. The number of nitrogens with one attached hydrogen (secondary N) is 2. The zero-order valence-electron chi connectivity index (χ0n) is 13.9. The van der Waals surface area contributed by atoms with Crippen molar-refractivity contribution in [3.63, 3.8) is 0 Å². The molecule has 0 aromatic carbocycles. The first kappa shape index (κ1) is 15.8. The van der Waals surface area contributed by atoms with Gasteiger partial charge in [0.15, 0.2) is 5.96 Å². The molecule has 122 valence electrons. The molecule has 2 aliphatic rings. The first-order valence-electron chi connectivity index (χ1n) is 8.42. The molecular weight excluding hydrogens is 292 g/mol. The molecule has 3 rings (SSSR count). The average molecular weight is 321 g/mol. The van der Waals surface area contributed by atoms with Crippen LogP contribution < -0.4 is 10.6 Å². The molecule has 5 heteroatoms. The largest absolute Gasteiger partial charge is 0.356 e. The van der Waals surface area contributed by atoms with E-state index in [-0.39, 0.29) is 0 Å². The number of rotatable bonds is 5. The lowest BCUT2D eigenvalue weighted by molar-refractivity contribution is 0.256. The molecule has 1 aromatic heterocycles. The van der Waals surface area contributed by atoms with Crippen molar-refractivity contribution in [1.82, 2.24) is 15.5 Å². The van der Waals surface area contributed by atoms with Crippen LogP contribution in [0.5, 0.6) is 0 Å². The minimum atomic E-state index is 0.510. The molecule has 0 amide bonds. The van der Waals surface area contributed by atoms with E-state index in [1.807, 2.05) is 7.05 Å². The fourth-order valence-corrected chi connectivity index (χ4v) is 4.17. The molecule has 22 heavy (non-hydrogen) atoms. The lowest BCUT2D eigenvalue weighted by Gasteiger charge is -2.21. The van der Waals surface area contributed by atoms with Crippen molar-refractivity contribution in [2.75, 3.05) is 20.1 Å². The van der Waals surface area contributed by atoms with Crippen LogP contribution in [0.25, 0.3) is 0 Å². The lowest BCUT2D eigenvalue weighted by atomic mass is 10.1. The van der Waals surface area contributed by atoms with Gasteiger partial charge < -0.3 is 10.6 Å². The molecule has 0 spiro atoms. The van der Waals surface area contributed by atoms with E-state index in [0.29, 0.717) is 18.0 Å². The maximum absolute atomic E-state index is 4.39. The van der Waals surface area contributed by atoms with E-state index < -0.39 is 0 Å². The third kappa shape index (κ3) is 3.82. The van der Waals surface area contributed by atoms with E-state index in [0.717, 1.165) is 25.1 Å². The van der Waals surface area contributed by atoms with E-state index in [1.165, 1.54) is 24.8 Å². The van der Waals surface area contributed by atoms with Crippen LogP contribution in [0.1, 0.15) is 44.6 Å². The van der Waals surface area contributed by atoms with Gasteiger partial charge in [-0.15, -0.1) is 0 Å². The highest BCUT2D eigenvalue weighted by atomic mass is 32.1. The van der Waals surface area contributed by atoms with Gasteiger partial charge >= 0.3 is 0 Å². The van der Waals surface area contributed by atoms with Gasteiger partial charge in [-0.3, -0.25) is 9.89 Å². The molecule has 3 unspecified atom stereocenters. The van der Waals surface area contributed by atoms with Gasteiger partial charge in [0.1, 0.15) is 0 Å². The molecule has 1 saturated heterocycles. The molecule has 4 nitrogen and oxygen atoms in total. The Balaban J connectivity index is 1.46. The molecule has 0 radical (unpaired) electrons. The van der Waals surface area contributed by atoms with Crippen LogP contribution in [0.3, 0.4) is 0 Å². The van der Waals surface area contributed by atoms with Crippen molar-refractivity contribution in [2.45, 2.75) is 57.2 Å². The van der Waals surface area contributed by atoms with Gasteiger partial charge in [-0.1, -0.05) is 6.92 Å². The highest BCUT2D eigenvalue weighted by Crippen LogP contribution is 2.33. The van der Waals surface area contributed by atoms with E-state index in [9.17, 15) is 0 Å². The van der Waals surface area contributed by atoms with Crippen molar-refractivity contribution in [1.29, 1.82) is 0 Å². The molecule has 1 aliphatic carbocycles. The standard InChI is InChI=1S/C17H28N4S/c1-12(14-6-7-22-11-14)9-19-17(18-3)20-15-8-13(2)21(10-15)16-4-5-16/h6-7,11-13,15-16H,4-5,8-10H2,1-3H3,(H2,18,19,20). The maximum Gasteiger partial charge on any atom is 0.191 e. The molecule has 3 atom stereocenters. The molecule has 2 heterocycles. The van der Waals surface area contributed by atoms with Crippen molar-refractivity contribution in [3.8, 4) is 0 Å². The molecule has 1 aromatic rings. The van der Waals surface area contributed by atoms with Gasteiger partial charge in [0.25, 0.3) is 0 Å². The first-order valence-corrected chi connectivity index (χ1v) is 9.36. The second kappa shape index (κ2) is 7.01. The van der Waals surface area contributed by atoms with Crippen LogP contribution in [0.2, 0.25) is 0 Å². The monoisotopic (exact) mass is 320 g/mol. The smallest absolute Gasteiger partial charge is 0.191 e. The predicted molar refractivity (Wildman–Crippen MR) is 94.8 cm³/mol. The Kier molecular flexibility index (Phi) is 5.03. The van der Waals surface area contributed by atoms with Gasteiger partial charge in [0, 0.05) is 38.3 Å². The maximum atomic E-state index is 4.39. The predicted octanol–water partition coefficient (Wildman–Crippen LogP) is 2.64. The second-order valence-electron chi connectivity index (χ2n) is 6.76. The highest BCUT2D eigenvalue weighted by Gasteiger charge is 2.38. The van der Waals surface area contributed by atoms with Crippen LogP contribution in [0.15, 0.2) is 21.8 Å². The van der Waals surface area contributed by atoms with Gasteiger partial charge in [0.05, 0.1) is 0 Å². The van der Waals surface area contributed by atoms with Crippen LogP contribution in [-0.4, -0.2) is 49.1 Å². The fraction of sp³-hybridized carbons (Fsp3) is 0.706. The molecule has 0 bridgehead atoms. The number of likely N-dealkylation sites (tertiary alicyclic amines) is 1. The third-order valence-electron chi connectivity index (χ3n) is 4.89. The molecule has 1 saturated carbocycles. The van der Waals surface area contributed by atoms with Gasteiger partial charge in [-0.05, 0) is 54.5 Å². The molecule has 2 N–H and O–H groups in total. The Bertz CT molecular complexity index is 495. The summed E-state index contributed by atoms with van der Waals surface area (Å²) in [4.78, 5) is 7.06. The quantitative estimate of drug-likeness (QED) is 0.647. The number of hydrogen-bond donors (Lipinski definition) is 2. The molecule has 2 fully saturated rings. The van der Waals surface area contributed by atoms with Gasteiger partial charge in [0.2, 0.25) is 0 Å². The van der Waals surface area contributed by atoms with Gasteiger partial charge in [-0.25, -0.2) is 0 Å². The van der Waals surface area contributed by atoms with E-state index in [4.69, 9.17) is 0 Å². The summed E-state index contributed by atoms with van der Waals surface area (Å²) in [6.07, 6.45) is 4.00. The number of guanidine groups is 1. The van der Waals surface area contributed by atoms with E-state index in [2.05, 4.69) is 51.2 Å². The van der Waals surface area contributed by atoms with Crippen LogP contribution in [-0.2, 0) is 0 Å². The van der Waals surface area contributed by atoms with E-state index in [1.54, 1.807) is 11.3 Å². The summed E-state index contributed by atoms with van der Waals surface area (Å²) in [5, 5.41) is 11.5. The van der Waals surface area contributed by atoms with Crippen LogP contribution >= 0.6 is 11.3 Å². The van der Waals surface area contributed by atoms with E-state index >= 15 is 0 Å². The normalized spacial score (nSPS) is 27.9. The first-order chi connectivity index (χ1) is 10.7.